The lowest BCUT2D eigenvalue weighted by atomic mass is 9.78. The monoisotopic (exact) mass is 379 g/mol. The van der Waals surface area contributed by atoms with Crippen LogP contribution >= 0.6 is 0 Å². The van der Waals surface area contributed by atoms with E-state index in [2.05, 4.69) is 19.2 Å². The van der Waals surface area contributed by atoms with Crippen LogP contribution in [0.25, 0.3) is 0 Å². The molecule has 0 bridgehead atoms. The Morgan fingerprint density at radius 2 is 1.71 bits per heavy atom. The van der Waals surface area contributed by atoms with Gasteiger partial charge in [0.1, 0.15) is 0 Å². The Morgan fingerprint density at radius 3 is 2.50 bits per heavy atom. The largest absolute Gasteiger partial charge is 0.452 e. The molecule has 0 heterocycles. The van der Waals surface area contributed by atoms with Crippen LogP contribution in [0.2, 0.25) is 0 Å². The fourth-order valence-electron chi connectivity index (χ4n) is 3.93. The zero-order valence-electron chi connectivity index (χ0n) is 16.7. The van der Waals surface area contributed by atoms with Crippen molar-refractivity contribution in [1.29, 1.82) is 0 Å². The maximum Gasteiger partial charge on any atom is 0.338 e. The van der Waals surface area contributed by atoms with Crippen LogP contribution in [-0.4, -0.2) is 24.5 Å². The third kappa shape index (κ3) is 5.22. The zero-order valence-corrected chi connectivity index (χ0v) is 16.7. The summed E-state index contributed by atoms with van der Waals surface area (Å²) in [6, 6.07) is 17.6. The predicted molar refractivity (Wildman–Crippen MR) is 110 cm³/mol. The number of nitrogens with one attached hydrogen (secondary N) is 1. The zero-order chi connectivity index (χ0) is 19.9. The molecule has 3 atom stereocenters. The van der Waals surface area contributed by atoms with E-state index < -0.39 is 5.97 Å². The van der Waals surface area contributed by atoms with E-state index in [1.165, 1.54) is 6.42 Å². The molecule has 0 radical (unpaired) electrons. The van der Waals surface area contributed by atoms with Crippen LogP contribution in [0.15, 0.2) is 54.6 Å². The van der Waals surface area contributed by atoms with E-state index in [-0.39, 0.29) is 18.6 Å². The van der Waals surface area contributed by atoms with E-state index in [4.69, 9.17) is 4.74 Å². The van der Waals surface area contributed by atoms with Crippen LogP contribution in [-0.2, 0) is 16.0 Å². The highest BCUT2D eigenvalue weighted by molar-refractivity contribution is 5.92. The van der Waals surface area contributed by atoms with E-state index in [0.29, 0.717) is 23.8 Å². The molecule has 4 heteroatoms. The van der Waals surface area contributed by atoms with Crippen LogP contribution in [0.3, 0.4) is 0 Å². The molecule has 2 aromatic carbocycles. The van der Waals surface area contributed by atoms with Gasteiger partial charge in [0.2, 0.25) is 0 Å². The molecule has 1 fully saturated rings. The molecule has 1 amide bonds. The van der Waals surface area contributed by atoms with Crippen LogP contribution < -0.4 is 5.32 Å². The van der Waals surface area contributed by atoms with Crippen LogP contribution in [0, 0.1) is 11.8 Å². The lowest BCUT2D eigenvalue weighted by Crippen LogP contribution is -2.45. The third-order valence-electron chi connectivity index (χ3n) is 5.86. The number of hydrogen-bond donors (Lipinski definition) is 1. The first-order chi connectivity index (χ1) is 13.5. The number of esters is 1. The van der Waals surface area contributed by atoms with Gasteiger partial charge in [0.05, 0.1) is 5.56 Å². The summed E-state index contributed by atoms with van der Waals surface area (Å²) in [5, 5.41) is 3.04. The number of rotatable bonds is 6. The van der Waals surface area contributed by atoms with Crippen molar-refractivity contribution in [3.05, 3.63) is 71.3 Å². The third-order valence-corrected chi connectivity index (χ3v) is 5.86. The van der Waals surface area contributed by atoms with Crippen molar-refractivity contribution in [2.75, 3.05) is 6.61 Å². The number of hydrogen-bond acceptors (Lipinski definition) is 3. The Labute approximate surface area is 167 Å². The molecule has 1 aliphatic rings. The highest BCUT2D eigenvalue weighted by atomic mass is 16.5. The fourth-order valence-corrected chi connectivity index (χ4v) is 3.93. The van der Waals surface area contributed by atoms with Gasteiger partial charge in [0, 0.05) is 6.04 Å². The molecule has 148 valence electrons. The maximum atomic E-state index is 12.6. The van der Waals surface area contributed by atoms with Gasteiger partial charge in [-0.1, -0.05) is 75.2 Å². The lowest BCUT2D eigenvalue weighted by Gasteiger charge is -2.34. The van der Waals surface area contributed by atoms with Gasteiger partial charge >= 0.3 is 5.97 Å². The molecule has 28 heavy (non-hydrogen) atoms. The molecule has 1 saturated carbocycles. The Morgan fingerprint density at radius 1 is 1.00 bits per heavy atom. The van der Waals surface area contributed by atoms with E-state index in [1.54, 1.807) is 6.07 Å². The van der Waals surface area contributed by atoms with Gasteiger partial charge in [-0.25, -0.2) is 4.79 Å². The average molecular weight is 380 g/mol. The van der Waals surface area contributed by atoms with Crippen molar-refractivity contribution >= 4 is 11.9 Å². The molecule has 0 aromatic heterocycles. The Balaban J connectivity index is 1.57. The summed E-state index contributed by atoms with van der Waals surface area (Å²) < 4.78 is 5.32. The minimum atomic E-state index is -0.452. The average Bonchev–Trinajstić information content (AvgIpc) is 2.71. The molecule has 1 N–H and O–H groups in total. The van der Waals surface area contributed by atoms with Gasteiger partial charge in [-0.2, -0.15) is 0 Å². The first kappa shape index (κ1) is 20.1. The molecular formula is C24H29NO3. The highest BCUT2D eigenvalue weighted by Crippen LogP contribution is 2.29. The minimum absolute atomic E-state index is 0.167. The quantitative estimate of drug-likeness (QED) is 0.758. The molecule has 0 unspecified atom stereocenters. The van der Waals surface area contributed by atoms with Crippen molar-refractivity contribution in [3.63, 3.8) is 0 Å². The topological polar surface area (TPSA) is 55.4 Å². The number of carbonyl (C=O) groups is 2. The molecule has 4 nitrogen and oxygen atoms in total. The standard InChI is InChI=1S/C24H29NO3/c1-17-9-8-14-22(18(17)2)25-23(26)16-28-24(27)21-13-7-6-12-20(21)15-19-10-4-3-5-11-19/h3-7,10-13,17-18,22H,8-9,14-16H2,1-2H3,(H,25,26)/t17-,18+,22+/m1/s1. The summed E-state index contributed by atoms with van der Waals surface area (Å²) in [4.78, 5) is 24.9. The molecule has 3 rings (SSSR count). The first-order valence-corrected chi connectivity index (χ1v) is 10.1. The second kappa shape index (κ2) is 9.54. The van der Waals surface area contributed by atoms with Gasteiger partial charge < -0.3 is 10.1 Å². The van der Waals surface area contributed by atoms with Gasteiger partial charge in [-0.3, -0.25) is 4.79 Å². The molecule has 0 spiro atoms. The highest BCUT2D eigenvalue weighted by Gasteiger charge is 2.28. The van der Waals surface area contributed by atoms with Crippen molar-refractivity contribution in [3.8, 4) is 0 Å². The van der Waals surface area contributed by atoms with Crippen LogP contribution in [0.5, 0.6) is 0 Å². The summed E-state index contributed by atoms with van der Waals surface area (Å²) >= 11 is 0. The Kier molecular flexibility index (Phi) is 6.85. The SMILES string of the molecule is C[C@H]1[C@H](C)CCC[C@@H]1NC(=O)COC(=O)c1ccccc1Cc1ccccc1. The number of benzene rings is 2. The van der Waals surface area contributed by atoms with Crippen molar-refractivity contribution < 1.29 is 14.3 Å². The Bertz CT molecular complexity index is 803. The fraction of sp³-hybridized carbons (Fsp3) is 0.417. The Hall–Kier alpha value is -2.62. The van der Waals surface area contributed by atoms with E-state index >= 15 is 0 Å². The van der Waals surface area contributed by atoms with Gasteiger partial charge in [0.25, 0.3) is 5.91 Å². The normalized spacial score (nSPS) is 21.7. The number of carbonyl (C=O) groups excluding carboxylic acids is 2. The van der Waals surface area contributed by atoms with Gasteiger partial charge in [-0.05, 0) is 41.9 Å². The summed E-state index contributed by atoms with van der Waals surface area (Å²) in [5.74, 6) is 0.373. The predicted octanol–water partition coefficient (Wildman–Crippen LogP) is 4.38. The van der Waals surface area contributed by atoms with E-state index in [9.17, 15) is 9.59 Å². The van der Waals surface area contributed by atoms with Crippen molar-refractivity contribution in [2.45, 2.75) is 45.6 Å². The molecule has 2 aromatic rings. The first-order valence-electron chi connectivity index (χ1n) is 10.1. The summed E-state index contributed by atoms with van der Waals surface area (Å²) in [6.07, 6.45) is 3.98. The molecule has 0 saturated heterocycles. The lowest BCUT2D eigenvalue weighted by molar-refractivity contribution is -0.125. The minimum Gasteiger partial charge on any atom is -0.452 e. The van der Waals surface area contributed by atoms with E-state index in [0.717, 1.165) is 24.0 Å². The summed E-state index contributed by atoms with van der Waals surface area (Å²) in [5.41, 5.74) is 2.54. The smallest absolute Gasteiger partial charge is 0.338 e. The second-order valence-corrected chi connectivity index (χ2v) is 7.84. The number of amides is 1. The molecule has 1 aliphatic carbocycles. The van der Waals surface area contributed by atoms with Crippen LogP contribution in [0.4, 0.5) is 0 Å². The second-order valence-electron chi connectivity index (χ2n) is 7.84. The molecular weight excluding hydrogens is 350 g/mol. The van der Waals surface area contributed by atoms with Gasteiger partial charge in [-0.15, -0.1) is 0 Å². The van der Waals surface area contributed by atoms with E-state index in [1.807, 2.05) is 48.5 Å². The van der Waals surface area contributed by atoms with Gasteiger partial charge in [0.15, 0.2) is 6.61 Å². The summed E-state index contributed by atoms with van der Waals surface area (Å²) in [6.45, 7) is 4.17. The van der Waals surface area contributed by atoms with Crippen molar-refractivity contribution in [1.82, 2.24) is 5.32 Å². The molecule has 0 aliphatic heterocycles. The van der Waals surface area contributed by atoms with Crippen molar-refractivity contribution in [2.24, 2.45) is 11.8 Å². The van der Waals surface area contributed by atoms with Crippen LogP contribution in [0.1, 0.15) is 54.6 Å². The maximum absolute atomic E-state index is 12.6. The summed E-state index contributed by atoms with van der Waals surface area (Å²) in [7, 11) is 0. The number of ether oxygens (including phenoxy) is 1.